The molecule has 0 saturated carbocycles. The predicted molar refractivity (Wildman–Crippen MR) is 77.5 cm³/mol. The first-order chi connectivity index (χ1) is 9.36. The summed E-state index contributed by atoms with van der Waals surface area (Å²) in [6, 6.07) is 14.4. The number of aryl methyl sites for hydroxylation is 2. The van der Waals surface area contributed by atoms with E-state index in [0.29, 0.717) is 6.54 Å². The van der Waals surface area contributed by atoms with Crippen molar-refractivity contribution in [3.63, 3.8) is 0 Å². The summed E-state index contributed by atoms with van der Waals surface area (Å²) in [5, 5.41) is 0. The molecule has 0 radical (unpaired) electrons. The van der Waals surface area contributed by atoms with E-state index in [1.54, 1.807) is 0 Å². The minimum absolute atomic E-state index is 0.501. The first-order valence-corrected chi connectivity index (χ1v) is 6.94. The monoisotopic (exact) mass is 253 g/mol. The molecule has 3 rings (SSSR count). The van der Waals surface area contributed by atoms with Gasteiger partial charge in [-0.1, -0.05) is 24.3 Å². The zero-order chi connectivity index (χ0) is 13.1. The van der Waals surface area contributed by atoms with Crippen LogP contribution in [0.25, 0.3) is 0 Å². The Kier molecular flexibility index (Phi) is 3.51. The first kappa shape index (κ1) is 12.2. The van der Waals surface area contributed by atoms with Crippen molar-refractivity contribution in [1.29, 1.82) is 0 Å². The zero-order valence-corrected chi connectivity index (χ0v) is 11.1. The van der Waals surface area contributed by atoms with Gasteiger partial charge in [-0.25, -0.2) is 0 Å². The van der Waals surface area contributed by atoms with Gasteiger partial charge in [0.15, 0.2) is 0 Å². The Labute approximate surface area is 114 Å². The van der Waals surface area contributed by atoms with Gasteiger partial charge in [0.25, 0.3) is 0 Å². The summed E-state index contributed by atoms with van der Waals surface area (Å²) >= 11 is 0. The van der Waals surface area contributed by atoms with Crippen LogP contribution in [0.2, 0.25) is 0 Å². The minimum Gasteiger partial charge on any atom is -0.457 e. The van der Waals surface area contributed by atoms with E-state index in [0.717, 1.165) is 17.1 Å². The Balaban J connectivity index is 1.87. The lowest BCUT2D eigenvalue weighted by Gasteiger charge is -2.17. The molecule has 98 valence electrons. The van der Waals surface area contributed by atoms with Crippen molar-refractivity contribution in [2.24, 2.45) is 5.73 Å². The van der Waals surface area contributed by atoms with Crippen molar-refractivity contribution in [3.05, 3.63) is 59.2 Å². The van der Waals surface area contributed by atoms with Gasteiger partial charge in [-0.2, -0.15) is 0 Å². The Morgan fingerprint density at radius 2 is 1.74 bits per heavy atom. The van der Waals surface area contributed by atoms with Crippen molar-refractivity contribution in [1.82, 2.24) is 0 Å². The molecule has 0 aromatic heterocycles. The van der Waals surface area contributed by atoms with E-state index in [9.17, 15) is 0 Å². The maximum Gasteiger partial charge on any atom is 0.131 e. The summed E-state index contributed by atoms with van der Waals surface area (Å²) < 4.78 is 5.99. The number of nitrogens with two attached hydrogens (primary N) is 1. The van der Waals surface area contributed by atoms with Crippen LogP contribution in [0.5, 0.6) is 11.5 Å². The van der Waals surface area contributed by atoms with E-state index in [1.807, 2.05) is 24.3 Å². The van der Waals surface area contributed by atoms with Gasteiger partial charge in [0.05, 0.1) is 0 Å². The van der Waals surface area contributed by atoms with E-state index in [4.69, 9.17) is 10.5 Å². The molecule has 0 amide bonds. The molecule has 0 unspecified atom stereocenters. The van der Waals surface area contributed by atoms with Gasteiger partial charge in [0.2, 0.25) is 0 Å². The second-order valence-corrected chi connectivity index (χ2v) is 5.05. The summed E-state index contributed by atoms with van der Waals surface area (Å²) in [6.45, 7) is 0.501. The van der Waals surface area contributed by atoms with Crippen LogP contribution in [-0.4, -0.2) is 0 Å². The van der Waals surface area contributed by atoms with Crippen molar-refractivity contribution in [2.45, 2.75) is 32.2 Å². The molecule has 0 bridgehead atoms. The van der Waals surface area contributed by atoms with Crippen LogP contribution >= 0.6 is 0 Å². The van der Waals surface area contributed by atoms with E-state index in [1.165, 1.54) is 36.8 Å². The third-order valence-corrected chi connectivity index (χ3v) is 3.74. The third kappa shape index (κ3) is 2.64. The molecule has 19 heavy (non-hydrogen) atoms. The highest BCUT2D eigenvalue weighted by Gasteiger charge is 2.10. The average molecular weight is 253 g/mol. The van der Waals surface area contributed by atoms with Gasteiger partial charge in [-0.05, 0) is 55.0 Å². The minimum atomic E-state index is 0.501. The highest BCUT2D eigenvalue weighted by atomic mass is 16.5. The lowest BCUT2D eigenvalue weighted by molar-refractivity contribution is 0.474. The summed E-state index contributed by atoms with van der Waals surface area (Å²) in [5.74, 6) is 1.78. The van der Waals surface area contributed by atoms with Gasteiger partial charge in [-0.3, -0.25) is 0 Å². The number of benzene rings is 2. The fourth-order valence-electron chi connectivity index (χ4n) is 2.67. The van der Waals surface area contributed by atoms with Crippen LogP contribution in [0.4, 0.5) is 0 Å². The number of fused-ring (bicyclic) bond motifs is 1. The Hall–Kier alpha value is -1.80. The van der Waals surface area contributed by atoms with E-state index in [-0.39, 0.29) is 0 Å². The largest absolute Gasteiger partial charge is 0.457 e. The Morgan fingerprint density at radius 1 is 0.947 bits per heavy atom. The van der Waals surface area contributed by atoms with Crippen LogP contribution < -0.4 is 10.5 Å². The summed E-state index contributed by atoms with van der Waals surface area (Å²) in [5.41, 5.74) is 9.69. The molecule has 0 fully saturated rings. The fraction of sp³-hybridized carbons (Fsp3) is 0.294. The Bertz CT molecular complexity index is 577. The summed E-state index contributed by atoms with van der Waals surface area (Å²) in [4.78, 5) is 0. The maximum absolute atomic E-state index is 5.99. The van der Waals surface area contributed by atoms with Gasteiger partial charge >= 0.3 is 0 Å². The lowest BCUT2D eigenvalue weighted by atomic mass is 9.92. The van der Waals surface area contributed by atoms with Crippen LogP contribution in [0.3, 0.4) is 0 Å². The number of para-hydroxylation sites is 1. The van der Waals surface area contributed by atoms with E-state index < -0.39 is 0 Å². The van der Waals surface area contributed by atoms with Gasteiger partial charge < -0.3 is 10.5 Å². The standard InChI is InChI=1S/C17H19NO/c18-12-15-7-3-4-8-17(15)19-16-10-9-13-5-1-2-6-14(13)11-16/h3-4,7-11H,1-2,5-6,12,18H2. The molecule has 0 spiro atoms. The molecule has 1 aliphatic carbocycles. The molecule has 0 heterocycles. The predicted octanol–water partition coefficient (Wildman–Crippen LogP) is 3.82. The summed E-state index contributed by atoms with van der Waals surface area (Å²) in [6.07, 6.45) is 4.97. The summed E-state index contributed by atoms with van der Waals surface area (Å²) in [7, 11) is 0. The van der Waals surface area contributed by atoms with Gasteiger partial charge in [0, 0.05) is 12.1 Å². The van der Waals surface area contributed by atoms with Gasteiger partial charge in [0.1, 0.15) is 11.5 Å². The fourth-order valence-corrected chi connectivity index (χ4v) is 2.67. The molecule has 2 nitrogen and oxygen atoms in total. The maximum atomic E-state index is 5.99. The highest BCUT2D eigenvalue weighted by molar-refractivity contribution is 5.41. The SMILES string of the molecule is NCc1ccccc1Oc1ccc2c(c1)CCCC2. The van der Waals surface area contributed by atoms with Crippen molar-refractivity contribution in [3.8, 4) is 11.5 Å². The quantitative estimate of drug-likeness (QED) is 0.902. The zero-order valence-electron chi connectivity index (χ0n) is 11.1. The third-order valence-electron chi connectivity index (χ3n) is 3.74. The van der Waals surface area contributed by atoms with Gasteiger partial charge in [-0.15, -0.1) is 0 Å². The number of hydrogen-bond acceptors (Lipinski definition) is 2. The van der Waals surface area contributed by atoms with Crippen molar-refractivity contribution < 1.29 is 4.74 Å². The lowest BCUT2D eigenvalue weighted by Crippen LogP contribution is -2.03. The molecule has 0 atom stereocenters. The molecule has 0 aliphatic heterocycles. The van der Waals surface area contributed by atoms with Crippen LogP contribution in [-0.2, 0) is 19.4 Å². The van der Waals surface area contributed by atoms with Crippen molar-refractivity contribution >= 4 is 0 Å². The number of hydrogen-bond donors (Lipinski definition) is 1. The molecule has 1 aliphatic rings. The molecule has 2 heteroatoms. The molecule has 2 aromatic rings. The normalized spacial score (nSPS) is 13.9. The number of rotatable bonds is 3. The van der Waals surface area contributed by atoms with Crippen LogP contribution in [0, 0.1) is 0 Å². The second kappa shape index (κ2) is 5.45. The molecule has 0 saturated heterocycles. The van der Waals surface area contributed by atoms with Crippen LogP contribution in [0.1, 0.15) is 29.5 Å². The van der Waals surface area contributed by atoms with Crippen molar-refractivity contribution in [2.75, 3.05) is 0 Å². The Morgan fingerprint density at radius 3 is 2.58 bits per heavy atom. The molecule has 2 N–H and O–H groups in total. The molecule has 2 aromatic carbocycles. The smallest absolute Gasteiger partial charge is 0.131 e. The topological polar surface area (TPSA) is 35.2 Å². The number of ether oxygens (including phenoxy) is 1. The second-order valence-electron chi connectivity index (χ2n) is 5.05. The van der Waals surface area contributed by atoms with E-state index >= 15 is 0 Å². The average Bonchev–Trinajstić information content (AvgIpc) is 2.48. The van der Waals surface area contributed by atoms with E-state index in [2.05, 4.69) is 18.2 Å². The van der Waals surface area contributed by atoms with Crippen LogP contribution in [0.15, 0.2) is 42.5 Å². The highest BCUT2D eigenvalue weighted by Crippen LogP contribution is 2.29. The molecular formula is C17H19NO. The molecular weight excluding hydrogens is 234 g/mol. The first-order valence-electron chi connectivity index (χ1n) is 6.94.